The van der Waals surface area contributed by atoms with Crippen LogP contribution >= 0.6 is 15.9 Å². The van der Waals surface area contributed by atoms with Gasteiger partial charge in [-0.15, -0.1) is 0 Å². The molecule has 0 radical (unpaired) electrons. The van der Waals surface area contributed by atoms with E-state index in [1.165, 1.54) is 6.20 Å². The molecule has 1 aromatic carbocycles. The van der Waals surface area contributed by atoms with Crippen molar-refractivity contribution in [3.05, 3.63) is 51.3 Å². The summed E-state index contributed by atoms with van der Waals surface area (Å²) in [6.07, 6.45) is 3.86. The van der Waals surface area contributed by atoms with Gasteiger partial charge in [-0.1, -0.05) is 21.1 Å². The van der Waals surface area contributed by atoms with Gasteiger partial charge in [-0.05, 0) is 43.0 Å². The standard InChI is InChI=1S/C15H14BrNO4S/c16-11-3-4-12(10(7-11)5-6-22(19)20)14(18)13-8-17-21-15(13)9-1-2-9/h3-4,7-9H,1-2,5-6H2,(H,19,20). The summed E-state index contributed by atoms with van der Waals surface area (Å²) in [5, 5.41) is 3.76. The number of hydrogen-bond acceptors (Lipinski definition) is 4. The zero-order chi connectivity index (χ0) is 15.7. The number of carbonyl (C=O) groups excluding carboxylic acids is 1. The lowest BCUT2D eigenvalue weighted by Gasteiger charge is -2.08. The molecule has 1 N–H and O–H groups in total. The monoisotopic (exact) mass is 383 g/mol. The number of aromatic nitrogens is 1. The van der Waals surface area contributed by atoms with Crippen molar-refractivity contribution in [1.29, 1.82) is 0 Å². The summed E-state index contributed by atoms with van der Waals surface area (Å²) in [5.74, 6) is 0.903. The van der Waals surface area contributed by atoms with E-state index in [4.69, 9.17) is 9.08 Å². The summed E-state index contributed by atoms with van der Waals surface area (Å²) in [6, 6.07) is 5.33. The van der Waals surface area contributed by atoms with Crippen molar-refractivity contribution in [2.24, 2.45) is 0 Å². The zero-order valence-electron chi connectivity index (χ0n) is 11.6. The van der Waals surface area contributed by atoms with Gasteiger partial charge in [0, 0.05) is 16.0 Å². The Kier molecular flexibility index (Phi) is 4.56. The first-order valence-corrected chi connectivity index (χ1v) is 8.98. The highest BCUT2D eigenvalue weighted by molar-refractivity contribution is 9.10. The molecule has 0 bridgehead atoms. The van der Waals surface area contributed by atoms with Crippen LogP contribution in [0.5, 0.6) is 0 Å². The fourth-order valence-corrected chi connectivity index (χ4v) is 3.20. The molecule has 1 unspecified atom stereocenters. The Hall–Kier alpha value is -1.31. The van der Waals surface area contributed by atoms with Gasteiger partial charge >= 0.3 is 0 Å². The molecule has 1 aliphatic rings. The minimum absolute atomic E-state index is 0.0931. The molecular weight excluding hydrogens is 370 g/mol. The number of rotatable bonds is 6. The van der Waals surface area contributed by atoms with Crippen LogP contribution in [0.2, 0.25) is 0 Å². The van der Waals surface area contributed by atoms with Crippen LogP contribution in [0.1, 0.15) is 46.0 Å². The largest absolute Gasteiger partial charge is 0.360 e. The maximum Gasteiger partial charge on any atom is 0.198 e. The maximum atomic E-state index is 12.8. The smallest absolute Gasteiger partial charge is 0.198 e. The third-order valence-electron chi connectivity index (χ3n) is 3.65. The molecule has 116 valence electrons. The van der Waals surface area contributed by atoms with Crippen LogP contribution in [0.25, 0.3) is 0 Å². The number of halogens is 1. The second kappa shape index (κ2) is 6.44. The summed E-state index contributed by atoms with van der Waals surface area (Å²) < 4.78 is 25.9. The predicted octanol–water partition coefficient (Wildman–Crippen LogP) is 3.31. The van der Waals surface area contributed by atoms with Crippen molar-refractivity contribution in [3.63, 3.8) is 0 Å². The van der Waals surface area contributed by atoms with Crippen molar-refractivity contribution in [2.45, 2.75) is 25.2 Å². The Morgan fingerprint density at radius 2 is 2.18 bits per heavy atom. The molecule has 1 atom stereocenters. The van der Waals surface area contributed by atoms with Crippen LogP contribution in [0, 0.1) is 0 Å². The molecule has 5 nitrogen and oxygen atoms in total. The molecule has 0 amide bonds. The van der Waals surface area contributed by atoms with Gasteiger partial charge < -0.3 is 9.08 Å². The highest BCUT2D eigenvalue weighted by Gasteiger charge is 2.33. The quantitative estimate of drug-likeness (QED) is 0.611. The van der Waals surface area contributed by atoms with E-state index in [9.17, 15) is 9.00 Å². The van der Waals surface area contributed by atoms with Gasteiger partial charge in [0.25, 0.3) is 0 Å². The maximum absolute atomic E-state index is 12.8. The number of benzene rings is 1. The van der Waals surface area contributed by atoms with Crippen LogP contribution in [0.3, 0.4) is 0 Å². The van der Waals surface area contributed by atoms with Gasteiger partial charge in [0.2, 0.25) is 0 Å². The van der Waals surface area contributed by atoms with Crippen LogP contribution < -0.4 is 0 Å². The lowest BCUT2D eigenvalue weighted by Crippen LogP contribution is -2.09. The SMILES string of the molecule is O=C(c1ccc(Br)cc1CCS(=O)O)c1cnoc1C1CC1. The highest BCUT2D eigenvalue weighted by Crippen LogP contribution is 2.42. The van der Waals surface area contributed by atoms with Gasteiger partial charge in [0.05, 0.1) is 17.5 Å². The molecule has 1 fully saturated rings. The molecule has 2 aromatic rings. The first-order valence-electron chi connectivity index (χ1n) is 6.91. The Balaban J connectivity index is 1.94. The number of nitrogens with zero attached hydrogens (tertiary/aromatic N) is 1. The van der Waals surface area contributed by atoms with E-state index in [0.29, 0.717) is 29.2 Å². The molecule has 7 heteroatoms. The fourth-order valence-electron chi connectivity index (χ4n) is 2.39. The van der Waals surface area contributed by atoms with Crippen molar-refractivity contribution in [2.75, 3.05) is 5.75 Å². The molecular formula is C15H14BrNO4S. The molecule has 1 heterocycles. The van der Waals surface area contributed by atoms with Gasteiger partial charge in [-0.25, -0.2) is 4.21 Å². The Labute approximate surface area is 138 Å². The average Bonchev–Trinajstić information content (AvgIpc) is 3.21. The summed E-state index contributed by atoms with van der Waals surface area (Å²) in [6.45, 7) is 0. The van der Waals surface area contributed by atoms with E-state index >= 15 is 0 Å². The second-order valence-corrected chi connectivity index (χ2v) is 7.25. The first kappa shape index (κ1) is 15.6. The van der Waals surface area contributed by atoms with Gasteiger partial charge in [-0.2, -0.15) is 0 Å². The average molecular weight is 384 g/mol. The Morgan fingerprint density at radius 1 is 1.41 bits per heavy atom. The lowest BCUT2D eigenvalue weighted by atomic mass is 9.96. The summed E-state index contributed by atoms with van der Waals surface area (Å²) in [7, 11) is 0. The fraction of sp³-hybridized carbons (Fsp3) is 0.333. The molecule has 1 aromatic heterocycles. The molecule has 0 spiro atoms. The van der Waals surface area contributed by atoms with E-state index < -0.39 is 11.1 Å². The van der Waals surface area contributed by atoms with E-state index in [0.717, 1.165) is 22.9 Å². The van der Waals surface area contributed by atoms with Crippen molar-refractivity contribution in [3.8, 4) is 0 Å². The highest BCUT2D eigenvalue weighted by atomic mass is 79.9. The molecule has 22 heavy (non-hydrogen) atoms. The third kappa shape index (κ3) is 3.37. The second-order valence-electron chi connectivity index (χ2n) is 5.28. The van der Waals surface area contributed by atoms with Gasteiger partial charge in [0.15, 0.2) is 22.6 Å². The number of hydrogen-bond donors (Lipinski definition) is 1. The first-order chi connectivity index (χ1) is 10.6. The van der Waals surface area contributed by atoms with E-state index in [2.05, 4.69) is 21.1 Å². The molecule has 1 aliphatic carbocycles. The van der Waals surface area contributed by atoms with E-state index in [-0.39, 0.29) is 11.5 Å². The Morgan fingerprint density at radius 3 is 2.86 bits per heavy atom. The normalized spacial score (nSPS) is 15.7. The van der Waals surface area contributed by atoms with Crippen molar-refractivity contribution < 1.29 is 18.1 Å². The molecule has 0 aliphatic heterocycles. The van der Waals surface area contributed by atoms with Gasteiger partial charge in [0.1, 0.15) is 0 Å². The number of ketones is 1. The lowest BCUT2D eigenvalue weighted by molar-refractivity contribution is 0.103. The summed E-state index contributed by atoms with van der Waals surface area (Å²) in [5.41, 5.74) is 1.76. The topological polar surface area (TPSA) is 80.4 Å². The molecule has 0 saturated heterocycles. The predicted molar refractivity (Wildman–Crippen MR) is 85.4 cm³/mol. The third-order valence-corrected chi connectivity index (χ3v) is 4.70. The van der Waals surface area contributed by atoms with E-state index in [1.807, 2.05) is 6.07 Å². The van der Waals surface area contributed by atoms with Crippen molar-refractivity contribution >= 4 is 32.8 Å². The summed E-state index contributed by atoms with van der Waals surface area (Å²) in [4.78, 5) is 12.8. The van der Waals surface area contributed by atoms with Crippen molar-refractivity contribution in [1.82, 2.24) is 5.16 Å². The van der Waals surface area contributed by atoms with Crippen LogP contribution in [0.4, 0.5) is 0 Å². The minimum Gasteiger partial charge on any atom is -0.360 e. The van der Waals surface area contributed by atoms with Crippen LogP contribution in [-0.2, 0) is 17.5 Å². The van der Waals surface area contributed by atoms with Crippen LogP contribution in [0.15, 0.2) is 33.4 Å². The summed E-state index contributed by atoms with van der Waals surface area (Å²) >= 11 is 1.48. The molecule has 3 rings (SSSR count). The van der Waals surface area contributed by atoms with Gasteiger partial charge in [-0.3, -0.25) is 4.79 Å². The van der Waals surface area contributed by atoms with E-state index in [1.54, 1.807) is 12.1 Å². The zero-order valence-corrected chi connectivity index (χ0v) is 14.0. The number of carbonyl (C=O) groups is 1. The Bertz CT molecular complexity index is 739. The minimum atomic E-state index is -1.89. The number of aryl methyl sites for hydroxylation is 1. The molecule has 1 saturated carbocycles. The van der Waals surface area contributed by atoms with Crippen LogP contribution in [-0.4, -0.2) is 25.5 Å².